The lowest BCUT2D eigenvalue weighted by molar-refractivity contribution is -0.120. The number of anilines is 1. The Labute approximate surface area is 231 Å². The molecule has 1 heterocycles. The minimum absolute atomic E-state index is 0.246. The van der Waals surface area contributed by atoms with Gasteiger partial charge in [-0.15, -0.1) is 10.2 Å². The topological polar surface area (TPSA) is 93.4 Å². The molecule has 1 aromatic heterocycles. The number of methoxy groups -OCH3 is 1. The van der Waals surface area contributed by atoms with Crippen LogP contribution in [-0.2, 0) is 11.3 Å². The van der Waals surface area contributed by atoms with E-state index in [0.29, 0.717) is 17.5 Å². The lowest BCUT2D eigenvalue weighted by Gasteiger charge is -2.14. The number of amides is 1. The fraction of sp³-hybridized carbons (Fsp3) is 0.133. The molecule has 5 aromatic rings. The summed E-state index contributed by atoms with van der Waals surface area (Å²) in [5.41, 5.74) is 5.32. The van der Waals surface area contributed by atoms with Crippen LogP contribution in [0.4, 0.5) is 5.69 Å². The highest BCUT2D eigenvalue weighted by Gasteiger charge is 2.21. The minimum Gasteiger partial charge on any atom is -0.496 e. The van der Waals surface area contributed by atoms with Crippen molar-refractivity contribution in [3.05, 3.63) is 108 Å². The van der Waals surface area contributed by atoms with E-state index in [0.717, 1.165) is 33.5 Å². The standard InChI is InChI=1S/C30H28N6O2S/c1-21(29(37)34-32-19-23-12-7-9-18-27(23)38-2)39-30-35-33-28(36(30)24-14-4-3-5-15-24)20-31-26-17-10-13-22-11-6-8-16-25(22)26/h3-19,21,31H,20H2,1-2H3,(H,34,37). The number of thioether (sulfide) groups is 1. The van der Waals surface area contributed by atoms with Crippen LogP contribution in [0, 0.1) is 0 Å². The Morgan fingerprint density at radius 1 is 0.974 bits per heavy atom. The second kappa shape index (κ2) is 12.3. The molecule has 0 saturated carbocycles. The molecular weight excluding hydrogens is 508 g/mol. The van der Waals surface area contributed by atoms with Crippen molar-refractivity contribution in [2.45, 2.75) is 23.9 Å². The number of rotatable bonds is 10. The maximum atomic E-state index is 12.8. The Hall–Kier alpha value is -4.63. The summed E-state index contributed by atoms with van der Waals surface area (Å²) in [6, 6.07) is 31.8. The number of benzene rings is 4. The van der Waals surface area contributed by atoms with Crippen LogP contribution in [0.2, 0.25) is 0 Å². The third-order valence-electron chi connectivity index (χ3n) is 6.11. The first-order valence-corrected chi connectivity index (χ1v) is 13.4. The molecule has 1 amide bonds. The summed E-state index contributed by atoms with van der Waals surface area (Å²) in [5, 5.41) is 19.0. The SMILES string of the molecule is COc1ccccc1C=NNC(=O)C(C)Sc1nnc(CNc2cccc3ccccc23)n1-c1ccccc1. The first kappa shape index (κ1) is 26.0. The van der Waals surface area contributed by atoms with Gasteiger partial charge in [0, 0.05) is 22.3 Å². The van der Waals surface area contributed by atoms with Crippen molar-refractivity contribution in [2.24, 2.45) is 5.10 Å². The molecule has 1 atom stereocenters. The van der Waals surface area contributed by atoms with Crippen LogP contribution in [0.25, 0.3) is 16.5 Å². The fourth-order valence-corrected chi connectivity index (χ4v) is 5.00. The number of carbonyl (C=O) groups excluding carboxylic acids is 1. The summed E-state index contributed by atoms with van der Waals surface area (Å²) in [7, 11) is 1.60. The van der Waals surface area contributed by atoms with E-state index in [4.69, 9.17) is 4.74 Å². The number of ether oxygens (including phenoxy) is 1. The number of aromatic nitrogens is 3. The summed E-state index contributed by atoms with van der Waals surface area (Å²) in [5.74, 6) is 1.17. The molecule has 0 spiro atoms. The Bertz CT molecular complexity index is 1600. The summed E-state index contributed by atoms with van der Waals surface area (Å²) < 4.78 is 7.30. The normalized spacial score (nSPS) is 11.9. The van der Waals surface area contributed by atoms with Crippen LogP contribution in [0.1, 0.15) is 18.3 Å². The molecule has 196 valence electrons. The second-order valence-electron chi connectivity index (χ2n) is 8.69. The number of hydrazone groups is 1. The first-order chi connectivity index (χ1) is 19.1. The van der Waals surface area contributed by atoms with Gasteiger partial charge in [-0.05, 0) is 42.6 Å². The van der Waals surface area contributed by atoms with Crippen molar-refractivity contribution in [3.63, 3.8) is 0 Å². The highest BCUT2D eigenvalue weighted by atomic mass is 32.2. The van der Waals surface area contributed by atoms with E-state index in [-0.39, 0.29) is 5.91 Å². The van der Waals surface area contributed by atoms with Crippen molar-refractivity contribution in [2.75, 3.05) is 12.4 Å². The monoisotopic (exact) mass is 536 g/mol. The van der Waals surface area contributed by atoms with Gasteiger partial charge in [-0.2, -0.15) is 5.10 Å². The van der Waals surface area contributed by atoms with E-state index in [9.17, 15) is 4.79 Å². The van der Waals surface area contributed by atoms with Gasteiger partial charge in [0.2, 0.25) is 0 Å². The van der Waals surface area contributed by atoms with Crippen molar-refractivity contribution >= 4 is 40.3 Å². The molecule has 0 saturated heterocycles. The van der Waals surface area contributed by atoms with Gasteiger partial charge >= 0.3 is 0 Å². The van der Waals surface area contributed by atoms with E-state index in [1.54, 1.807) is 13.3 Å². The first-order valence-electron chi connectivity index (χ1n) is 12.5. The molecule has 0 fully saturated rings. The Morgan fingerprint density at radius 2 is 1.72 bits per heavy atom. The smallest absolute Gasteiger partial charge is 0.253 e. The van der Waals surface area contributed by atoms with Crippen LogP contribution in [-0.4, -0.2) is 39.2 Å². The quantitative estimate of drug-likeness (QED) is 0.136. The van der Waals surface area contributed by atoms with Gasteiger partial charge in [0.15, 0.2) is 11.0 Å². The molecule has 4 aromatic carbocycles. The van der Waals surface area contributed by atoms with Gasteiger partial charge in [-0.3, -0.25) is 9.36 Å². The number of carbonyl (C=O) groups is 1. The lowest BCUT2D eigenvalue weighted by Crippen LogP contribution is -2.27. The van der Waals surface area contributed by atoms with Gasteiger partial charge in [-0.1, -0.05) is 78.5 Å². The molecule has 2 N–H and O–H groups in total. The maximum Gasteiger partial charge on any atom is 0.253 e. The van der Waals surface area contributed by atoms with Crippen LogP contribution in [0.15, 0.2) is 107 Å². The van der Waals surface area contributed by atoms with Crippen molar-refractivity contribution in [1.29, 1.82) is 0 Å². The molecule has 5 rings (SSSR count). The van der Waals surface area contributed by atoms with Gasteiger partial charge in [0.1, 0.15) is 5.75 Å². The number of nitrogens with zero attached hydrogens (tertiary/aromatic N) is 4. The Kier molecular flexibility index (Phi) is 8.18. The minimum atomic E-state index is -0.467. The van der Waals surface area contributed by atoms with Gasteiger partial charge in [0.25, 0.3) is 5.91 Å². The van der Waals surface area contributed by atoms with Crippen molar-refractivity contribution in [1.82, 2.24) is 20.2 Å². The molecule has 0 aliphatic carbocycles. The zero-order valence-corrected chi connectivity index (χ0v) is 22.4. The highest BCUT2D eigenvalue weighted by molar-refractivity contribution is 8.00. The third-order valence-corrected chi connectivity index (χ3v) is 7.15. The van der Waals surface area contributed by atoms with Crippen molar-refractivity contribution in [3.8, 4) is 11.4 Å². The summed E-state index contributed by atoms with van der Waals surface area (Å²) >= 11 is 1.32. The highest BCUT2D eigenvalue weighted by Crippen LogP contribution is 2.28. The van der Waals surface area contributed by atoms with Gasteiger partial charge < -0.3 is 10.1 Å². The van der Waals surface area contributed by atoms with Crippen LogP contribution < -0.4 is 15.5 Å². The van der Waals surface area contributed by atoms with E-state index < -0.39 is 5.25 Å². The summed E-state index contributed by atoms with van der Waals surface area (Å²) in [6.07, 6.45) is 1.57. The van der Waals surface area contributed by atoms with E-state index >= 15 is 0 Å². The Morgan fingerprint density at radius 3 is 2.56 bits per heavy atom. The third kappa shape index (κ3) is 6.10. The van der Waals surface area contributed by atoms with Crippen LogP contribution in [0.5, 0.6) is 5.75 Å². The molecular formula is C30H28N6O2S. The van der Waals surface area contributed by atoms with Gasteiger partial charge in [-0.25, -0.2) is 5.43 Å². The van der Waals surface area contributed by atoms with E-state index in [1.165, 1.54) is 11.8 Å². The summed E-state index contributed by atoms with van der Waals surface area (Å²) in [6.45, 7) is 2.27. The van der Waals surface area contributed by atoms with Crippen LogP contribution >= 0.6 is 11.8 Å². The molecule has 0 aliphatic rings. The zero-order chi connectivity index (χ0) is 27.0. The molecule has 0 aliphatic heterocycles. The largest absolute Gasteiger partial charge is 0.496 e. The number of para-hydroxylation sites is 2. The number of nitrogens with one attached hydrogen (secondary N) is 2. The average molecular weight is 537 g/mol. The average Bonchev–Trinajstić information content (AvgIpc) is 3.38. The zero-order valence-electron chi connectivity index (χ0n) is 21.6. The molecule has 0 bridgehead atoms. The molecule has 9 heteroatoms. The number of hydrogen-bond acceptors (Lipinski definition) is 7. The van der Waals surface area contributed by atoms with Gasteiger partial charge in [0.05, 0.1) is 25.1 Å². The van der Waals surface area contributed by atoms with Crippen LogP contribution in [0.3, 0.4) is 0 Å². The molecule has 8 nitrogen and oxygen atoms in total. The molecule has 1 unspecified atom stereocenters. The predicted octanol–water partition coefficient (Wildman–Crippen LogP) is 5.67. The number of fused-ring (bicyclic) bond motifs is 1. The second-order valence-corrected chi connectivity index (χ2v) is 9.99. The van der Waals surface area contributed by atoms with E-state index in [1.807, 2.05) is 84.3 Å². The maximum absolute atomic E-state index is 12.8. The molecule has 0 radical (unpaired) electrons. The van der Waals surface area contributed by atoms with Crippen molar-refractivity contribution < 1.29 is 9.53 Å². The Balaban J connectivity index is 1.32. The number of hydrogen-bond donors (Lipinski definition) is 2. The lowest BCUT2D eigenvalue weighted by atomic mass is 10.1. The fourth-order valence-electron chi connectivity index (χ4n) is 4.12. The predicted molar refractivity (Wildman–Crippen MR) is 157 cm³/mol. The molecule has 39 heavy (non-hydrogen) atoms. The van der Waals surface area contributed by atoms with E-state index in [2.05, 4.69) is 50.3 Å². The summed E-state index contributed by atoms with van der Waals surface area (Å²) in [4.78, 5) is 12.8.